The molecule has 1 aliphatic rings. The summed E-state index contributed by atoms with van der Waals surface area (Å²) in [6.45, 7) is 1.15. The van der Waals surface area contributed by atoms with Crippen LogP contribution < -0.4 is 21.9 Å². The summed E-state index contributed by atoms with van der Waals surface area (Å²) < 4.78 is 107. The van der Waals surface area contributed by atoms with Crippen molar-refractivity contribution in [3.8, 4) is 0 Å². The topological polar surface area (TPSA) is 103 Å². The summed E-state index contributed by atoms with van der Waals surface area (Å²) in [6.07, 6.45) is -8.20. The smallest absolute Gasteiger partial charge is 0.449 e. The number of anilines is 1. The summed E-state index contributed by atoms with van der Waals surface area (Å²) in [7, 11) is 0. The quantitative estimate of drug-likeness (QED) is 0.277. The monoisotopic (exact) mass is 643 g/mol. The van der Waals surface area contributed by atoms with Gasteiger partial charge in [-0.15, -0.1) is 0 Å². The first-order valence-electron chi connectivity index (χ1n) is 13.8. The molecular weight excluding hydrogens is 615 g/mol. The SMILES string of the molecule is Cc1c(N2CCN(Cc3ccc(C(F)(F)F)o3)CC2)c(=O)n(C[C@H](N)c2ccco2)c(=O)n1Cc1c(F)cccc1C(F)(F)F. The van der Waals surface area contributed by atoms with Gasteiger partial charge in [0, 0.05) is 37.4 Å². The lowest BCUT2D eigenvalue weighted by molar-refractivity contribution is -0.153. The average Bonchev–Trinajstić information content (AvgIpc) is 3.67. The molecular formula is C29H28F7N5O4. The molecule has 16 heteroatoms. The first kappa shape index (κ1) is 32.1. The molecule has 4 aromatic rings. The highest BCUT2D eigenvalue weighted by Gasteiger charge is 2.36. The van der Waals surface area contributed by atoms with E-state index in [1.165, 1.54) is 25.3 Å². The fraction of sp³-hybridized carbons (Fsp3) is 0.379. The van der Waals surface area contributed by atoms with Gasteiger partial charge in [-0.2, -0.15) is 26.3 Å². The Balaban J connectivity index is 1.50. The molecule has 1 atom stereocenters. The highest BCUT2D eigenvalue weighted by molar-refractivity contribution is 5.50. The maximum absolute atomic E-state index is 14.8. The summed E-state index contributed by atoms with van der Waals surface area (Å²) >= 11 is 0. The van der Waals surface area contributed by atoms with Crippen LogP contribution in [0.15, 0.2) is 67.2 Å². The Bertz CT molecular complexity index is 1770. The van der Waals surface area contributed by atoms with Crippen molar-refractivity contribution in [2.45, 2.75) is 45.0 Å². The van der Waals surface area contributed by atoms with Gasteiger partial charge in [-0.05, 0) is 43.3 Å². The lowest BCUT2D eigenvalue weighted by Gasteiger charge is -2.36. The standard InChI is InChI=1S/C29H28F7N5O4/c1-17-25(39-11-9-38(10-12-39)14-18-7-8-24(45-18)29(34,35)36)26(42)41(16-22(37)23-6-3-13-44-23)27(43)40(17)15-19-20(28(31,32)33)4-2-5-21(19)30/h2-8,13,22H,9-12,14-16,37H2,1H3/t22-/m0/s1. The van der Waals surface area contributed by atoms with E-state index in [0.717, 1.165) is 27.3 Å². The molecule has 1 fully saturated rings. The number of hydrogen-bond donors (Lipinski definition) is 1. The number of halogens is 7. The zero-order valence-electron chi connectivity index (χ0n) is 23.8. The van der Waals surface area contributed by atoms with Crippen LogP contribution in [0.1, 0.15) is 40.1 Å². The molecule has 0 radical (unpaired) electrons. The van der Waals surface area contributed by atoms with Crippen LogP contribution in [0.3, 0.4) is 0 Å². The summed E-state index contributed by atoms with van der Waals surface area (Å²) in [5.41, 5.74) is 2.43. The summed E-state index contributed by atoms with van der Waals surface area (Å²) in [6, 6.07) is 6.66. The number of aromatic nitrogens is 2. The van der Waals surface area contributed by atoms with Crippen molar-refractivity contribution in [2.75, 3.05) is 31.1 Å². The van der Waals surface area contributed by atoms with Crippen molar-refractivity contribution < 1.29 is 39.6 Å². The van der Waals surface area contributed by atoms with Gasteiger partial charge >= 0.3 is 18.0 Å². The number of hydrogen-bond acceptors (Lipinski definition) is 7. The van der Waals surface area contributed by atoms with Crippen LogP contribution in [-0.2, 0) is 32.0 Å². The van der Waals surface area contributed by atoms with E-state index in [4.69, 9.17) is 14.6 Å². The second kappa shape index (κ2) is 12.2. The van der Waals surface area contributed by atoms with Crippen molar-refractivity contribution >= 4 is 5.69 Å². The normalized spacial score (nSPS) is 15.5. The largest absolute Gasteiger partial charge is 0.468 e. The van der Waals surface area contributed by atoms with Gasteiger partial charge in [-0.3, -0.25) is 18.8 Å². The van der Waals surface area contributed by atoms with E-state index >= 15 is 0 Å². The Morgan fingerprint density at radius 1 is 0.889 bits per heavy atom. The molecule has 242 valence electrons. The second-order valence-corrected chi connectivity index (χ2v) is 10.6. The van der Waals surface area contributed by atoms with Gasteiger partial charge in [0.2, 0.25) is 5.76 Å². The minimum absolute atomic E-state index is 0.00292. The first-order chi connectivity index (χ1) is 21.1. The Morgan fingerprint density at radius 2 is 1.60 bits per heavy atom. The molecule has 1 saturated heterocycles. The molecule has 0 spiro atoms. The van der Waals surface area contributed by atoms with Gasteiger partial charge < -0.3 is 19.5 Å². The maximum Gasteiger partial charge on any atom is 0.449 e. The summed E-state index contributed by atoms with van der Waals surface area (Å²) in [4.78, 5) is 30.9. The molecule has 0 bridgehead atoms. The van der Waals surface area contributed by atoms with Crippen molar-refractivity contribution in [1.29, 1.82) is 0 Å². The van der Waals surface area contributed by atoms with Crippen LogP contribution in [0.25, 0.3) is 0 Å². The van der Waals surface area contributed by atoms with Gasteiger partial charge in [0.15, 0.2) is 0 Å². The second-order valence-electron chi connectivity index (χ2n) is 10.6. The van der Waals surface area contributed by atoms with Crippen LogP contribution >= 0.6 is 0 Å². The maximum atomic E-state index is 14.8. The Kier molecular flexibility index (Phi) is 8.72. The highest BCUT2D eigenvalue weighted by Crippen LogP contribution is 2.34. The molecule has 2 N–H and O–H groups in total. The molecule has 0 saturated carbocycles. The molecule has 3 aromatic heterocycles. The van der Waals surface area contributed by atoms with Crippen LogP contribution in [0.5, 0.6) is 0 Å². The molecule has 0 amide bonds. The van der Waals surface area contributed by atoms with E-state index in [1.807, 2.05) is 0 Å². The fourth-order valence-corrected chi connectivity index (χ4v) is 5.39. The molecule has 5 rings (SSSR count). The van der Waals surface area contributed by atoms with E-state index in [2.05, 4.69) is 0 Å². The van der Waals surface area contributed by atoms with Gasteiger partial charge in [-0.1, -0.05) is 6.07 Å². The van der Waals surface area contributed by atoms with Crippen LogP contribution in [0.4, 0.5) is 36.4 Å². The fourth-order valence-electron chi connectivity index (χ4n) is 5.39. The Labute approximate surface area is 250 Å². The summed E-state index contributed by atoms with van der Waals surface area (Å²) in [5.74, 6) is -1.95. The van der Waals surface area contributed by atoms with E-state index in [-0.39, 0.29) is 62.2 Å². The third-order valence-electron chi connectivity index (χ3n) is 7.69. The minimum atomic E-state index is -4.92. The first-order valence-corrected chi connectivity index (χ1v) is 13.8. The molecule has 1 aliphatic heterocycles. The van der Waals surface area contributed by atoms with Gasteiger partial charge in [0.1, 0.15) is 23.0 Å². The lowest BCUT2D eigenvalue weighted by Crippen LogP contribution is -2.51. The van der Waals surface area contributed by atoms with Crippen molar-refractivity contribution in [3.05, 3.63) is 109 Å². The van der Waals surface area contributed by atoms with E-state index in [1.54, 1.807) is 15.9 Å². The third kappa shape index (κ3) is 6.71. The van der Waals surface area contributed by atoms with Crippen molar-refractivity contribution in [1.82, 2.24) is 14.0 Å². The number of rotatable bonds is 8. The average molecular weight is 644 g/mol. The Hall–Kier alpha value is -4.31. The van der Waals surface area contributed by atoms with Gasteiger partial charge in [-0.25, -0.2) is 9.18 Å². The third-order valence-corrected chi connectivity index (χ3v) is 7.69. The molecule has 4 heterocycles. The number of nitrogens with two attached hydrogens (primary N) is 1. The molecule has 0 aliphatic carbocycles. The van der Waals surface area contributed by atoms with Crippen LogP contribution in [0, 0.1) is 12.7 Å². The number of furan rings is 2. The molecule has 0 unspecified atom stereocenters. The van der Waals surface area contributed by atoms with E-state index in [0.29, 0.717) is 6.07 Å². The number of piperazine rings is 1. The number of alkyl halides is 6. The zero-order valence-corrected chi connectivity index (χ0v) is 23.8. The number of benzene rings is 1. The minimum Gasteiger partial charge on any atom is -0.468 e. The molecule has 45 heavy (non-hydrogen) atoms. The van der Waals surface area contributed by atoms with Gasteiger partial charge in [0.25, 0.3) is 5.56 Å². The predicted octanol–water partition coefficient (Wildman–Crippen LogP) is 4.75. The van der Waals surface area contributed by atoms with Crippen molar-refractivity contribution in [3.63, 3.8) is 0 Å². The molecule has 1 aromatic carbocycles. The van der Waals surface area contributed by atoms with E-state index < -0.39 is 58.9 Å². The zero-order chi connectivity index (χ0) is 32.7. The number of nitrogens with zero attached hydrogens (tertiary/aromatic N) is 4. The molecule has 9 nitrogen and oxygen atoms in total. The van der Waals surface area contributed by atoms with Gasteiger partial charge in [0.05, 0.1) is 37.5 Å². The Morgan fingerprint density at radius 3 is 2.20 bits per heavy atom. The predicted molar refractivity (Wildman–Crippen MR) is 147 cm³/mol. The lowest BCUT2D eigenvalue weighted by atomic mass is 10.1. The van der Waals surface area contributed by atoms with Crippen LogP contribution in [-0.4, -0.2) is 40.2 Å². The van der Waals surface area contributed by atoms with E-state index in [9.17, 15) is 40.3 Å². The highest BCUT2D eigenvalue weighted by atomic mass is 19.4. The van der Waals surface area contributed by atoms with Crippen LogP contribution in [0.2, 0.25) is 0 Å². The summed E-state index contributed by atoms with van der Waals surface area (Å²) in [5, 5.41) is 0. The van der Waals surface area contributed by atoms with Crippen molar-refractivity contribution in [2.24, 2.45) is 5.73 Å².